The molecular formula is C15H20N2O3. The Balaban J connectivity index is 1.72. The van der Waals surface area contributed by atoms with Crippen LogP contribution in [-0.4, -0.2) is 31.6 Å². The van der Waals surface area contributed by atoms with Gasteiger partial charge in [0.1, 0.15) is 0 Å². The minimum Gasteiger partial charge on any atom is -0.381 e. The molecule has 1 aliphatic rings. The van der Waals surface area contributed by atoms with Crippen molar-refractivity contribution in [3.8, 4) is 0 Å². The molecule has 0 radical (unpaired) electrons. The Labute approximate surface area is 118 Å². The fourth-order valence-electron chi connectivity index (χ4n) is 2.15. The SMILES string of the molecule is Cc1cccc(CNC(=O)C(=O)NC[C@H]2CCOC2)c1. The maximum atomic E-state index is 11.7. The third kappa shape index (κ3) is 4.35. The lowest BCUT2D eigenvalue weighted by Gasteiger charge is -2.10. The second kappa shape index (κ2) is 7.05. The maximum absolute atomic E-state index is 11.7. The molecule has 1 fully saturated rings. The van der Waals surface area contributed by atoms with Gasteiger partial charge in [-0.2, -0.15) is 0 Å². The standard InChI is InChI=1S/C15H20N2O3/c1-11-3-2-4-12(7-11)8-16-14(18)15(19)17-9-13-5-6-20-10-13/h2-4,7,13H,5-6,8-10H2,1H3,(H,16,18)(H,17,19)/t13-/m1/s1. The second-order valence-corrected chi connectivity index (χ2v) is 5.11. The molecule has 1 saturated heterocycles. The predicted octanol–water partition coefficient (Wildman–Crippen LogP) is 0.764. The van der Waals surface area contributed by atoms with Gasteiger partial charge in [-0.1, -0.05) is 29.8 Å². The molecule has 20 heavy (non-hydrogen) atoms. The van der Waals surface area contributed by atoms with Crippen LogP contribution in [0, 0.1) is 12.8 Å². The molecule has 1 aromatic carbocycles. The fourth-order valence-corrected chi connectivity index (χ4v) is 2.15. The first kappa shape index (κ1) is 14.5. The molecule has 0 unspecified atom stereocenters. The van der Waals surface area contributed by atoms with Gasteiger partial charge in [0.25, 0.3) is 0 Å². The number of aryl methyl sites for hydroxylation is 1. The molecule has 1 aromatic rings. The number of hydrogen-bond acceptors (Lipinski definition) is 3. The Morgan fingerprint density at radius 2 is 2.10 bits per heavy atom. The summed E-state index contributed by atoms with van der Waals surface area (Å²) in [5.41, 5.74) is 2.11. The van der Waals surface area contributed by atoms with Crippen molar-refractivity contribution >= 4 is 11.8 Å². The summed E-state index contributed by atoms with van der Waals surface area (Å²) in [6, 6.07) is 7.81. The van der Waals surface area contributed by atoms with E-state index < -0.39 is 11.8 Å². The highest BCUT2D eigenvalue weighted by atomic mass is 16.5. The van der Waals surface area contributed by atoms with E-state index in [0.29, 0.717) is 25.6 Å². The van der Waals surface area contributed by atoms with Gasteiger partial charge in [-0.15, -0.1) is 0 Å². The van der Waals surface area contributed by atoms with Crippen LogP contribution < -0.4 is 10.6 Å². The number of benzene rings is 1. The Bertz CT molecular complexity index is 482. The summed E-state index contributed by atoms with van der Waals surface area (Å²) in [6.07, 6.45) is 0.936. The smallest absolute Gasteiger partial charge is 0.309 e. The minimum absolute atomic E-state index is 0.323. The van der Waals surface area contributed by atoms with Crippen molar-refractivity contribution in [3.63, 3.8) is 0 Å². The topological polar surface area (TPSA) is 67.4 Å². The first-order valence-corrected chi connectivity index (χ1v) is 6.84. The zero-order valence-corrected chi connectivity index (χ0v) is 11.6. The van der Waals surface area contributed by atoms with Crippen LogP contribution in [0.1, 0.15) is 17.5 Å². The second-order valence-electron chi connectivity index (χ2n) is 5.11. The lowest BCUT2D eigenvalue weighted by Crippen LogP contribution is -2.41. The van der Waals surface area contributed by atoms with Crippen molar-refractivity contribution in [1.82, 2.24) is 10.6 Å². The van der Waals surface area contributed by atoms with Crippen molar-refractivity contribution in [2.45, 2.75) is 19.9 Å². The first-order chi connectivity index (χ1) is 9.65. The van der Waals surface area contributed by atoms with E-state index in [0.717, 1.165) is 24.2 Å². The van der Waals surface area contributed by atoms with E-state index in [4.69, 9.17) is 4.74 Å². The Morgan fingerprint density at radius 3 is 2.80 bits per heavy atom. The van der Waals surface area contributed by atoms with Crippen molar-refractivity contribution in [2.24, 2.45) is 5.92 Å². The fraction of sp³-hybridized carbons (Fsp3) is 0.467. The molecule has 2 rings (SSSR count). The molecule has 108 valence electrons. The molecule has 1 atom stereocenters. The van der Waals surface area contributed by atoms with E-state index >= 15 is 0 Å². The Kier molecular flexibility index (Phi) is 5.12. The van der Waals surface area contributed by atoms with E-state index in [1.165, 1.54) is 0 Å². The van der Waals surface area contributed by atoms with Crippen molar-refractivity contribution in [1.29, 1.82) is 0 Å². The predicted molar refractivity (Wildman–Crippen MR) is 75.0 cm³/mol. The third-order valence-corrected chi connectivity index (χ3v) is 3.32. The normalized spacial score (nSPS) is 17.8. The molecule has 0 bridgehead atoms. The van der Waals surface area contributed by atoms with Crippen LogP contribution in [0.2, 0.25) is 0 Å². The number of carbonyl (C=O) groups excluding carboxylic acids is 2. The molecule has 0 spiro atoms. The van der Waals surface area contributed by atoms with E-state index in [2.05, 4.69) is 10.6 Å². The molecule has 5 heteroatoms. The van der Waals surface area contributed by atoms with Gasteiger partial charge in [0.05, 0.1) is 6.61 Å². The van der Waals surface area contributed by atoms with Gasteiger partial charge >= 0.3 is 11.8 Å². The van der Waals surface area contributed by atoms with Crippen LogP contribution in [0.4, 0.5) is 0 Å². The van der Waals surface area contributed by atoms with Crippen molar-refractivity contribution in [3.05, 3.63) is 35.4 Å². The lowest BCUT2D eigenvalue weighted by molar-refractivity contribution is -0.139. The largest absolute Gasteiger partial charge is 0.381 e. The molecule has 5 nitrogen and oxygen atoms in total. The average Bonchev–Trinajstić information content (AvgIpc) is 2.95. The maximum Gasteiger partial charge on any atom is 0.309 e. The van der Waals surface area contributed by atoms with Crippen molar-refractivity contribution in [2.75, 3.05) is 19.8 Å². The first-order valence-electron chi connectivity index (χ1n) is 6.84. The van der Waals surface area contributed by atoms with Gasteiger partial charge < -0.3 is 15.4 Å². The zero-order valence-electron chi connectivity index (χ0n) is 11.6. The summed E-state index contributed by atoms with van der Waals surface area (Å²) < 4.78 is 5.21. The van der Waals surface area contributed by atoms with Gasteiger partial charge in [-0.05, 0) is 18.9 Å². The summed E-state index contributed by atoms with van der Waals surface area (Å²) in [5.74, 6) is -0.849. The van der Waals surface area contributed by atoms with Crippen LogP contribution >= 0.6 is 0 Å². The van der Waals surface area contributed by atoms with Gasteiger partial charge in [0, 0.05) is 25.6 Å². The highest BCUT2D eigenvalue weighted by molar-refractivity contribution is 6.35. The van der Waals surface area contributed by atoms with E-state index in [9.17, 15) is 9.59 Å². The summed E-state index contributed by atoms with van der Waals surface area (Å²) in [5, 5.41) is 5.26. The van der Waals surface area contributed by atoms with Crippen LogP contribution in [0.15, 0.2) is 24.3 Å². The van der Waals surface area contributed by atoms with E-state index in [1.807, 2.05) is 31.2 Å². The average molecular weight is 276 g/mol. The quantitative estimate of drug-likeness (QED) is 0.798. The van der Waals surface area contributed by atoms with Crippen molar-refractivity contribution < 1.29 is 14.3 Å². The summed E-state index contributed by atoms with van der Waals surface area (Å²) >= 11 is 0. The number of ether oxygens (including phenoxy) is 1. The highest BCUT2D eigenvalue weighted by Crippen LogP contribution is 2.10. The van der Waals surface area contributed by atoms with E-state index in [-0.39, 0.29) is 0 Å². The van der Waals surface area contributed by atoms with Gasteiger partial charge in [-0.3, -0.25) is 9.59 Å². The highest BCUT2D eigenvalue weighted by Gasteiger charge is 2.19. The number of nitrogens with one attached hydrogen (secondary N) is 2. The Hall–Kier alpha value is -1.88. The molecule has 2 amide bonds. The zero-order chi connectivity index (χ0) is 14.4. The number of amides is 2. The number of rotatable bonds is 4. The Morgan fingerprint density at radius 1 is 1.30 bits per heavy atom. The molecule has 1 aliphatic heterocycles. The van der Waals surface area contributed by atoms with Gasteiger partial charge in [-0.25, -0.2) is 0 Å². The monoisotopic (exact) mass is 276 g/mol. The van der Waals surface area contributed by atoms with E-state index in [1.54, 1.807) is 0 Å². The molecule has 2 N–H and O–H groups in total. The minimum atomic E-state index is -0.592. The van der Waals surface area contributed by atoms with Crippen LogP contribution in [0.5, 0.6) is 0 Å². The molecular weight excluding hydrogens is 256 g/mol. The van der Waals surface area contributed by atoms with Crippen LogP contribution in [-0.2, 0) is 20.9 Å². The summed E-state index contributed by atoms with van der Waals surface area (Å²) in [6.45, 7) is 4.24. The van der Waals surface area contributed by atoms with Gasteiger partial charge in [0.2, 0.25) is 0 Å². The molecule has 0 aliphatic carbocycles. The summed E-state index contributed by atoms with van der Waals surface area (Å²) in [7, 11) is 0. The number of hydrogen-bond donors (Lipinski definition) is 2. The molecule has 0 saturated carbocycles. The van der Waals surface area contributed by atoms with Crippen LogP contribution in [0.3, 0.4) is 0 Å². The van der Waals surface area contributed by atoms with Gasteiger partial charge in [0.15, 0.2) is 0 Å². The molecule has 0 aromatic heterocycles. The third-order valence-electron chi connectivity index (χ3n) is 3.32. The summed E-state index contributed by atoms with van der Waals surface area (Å²) in [4.78, 5) is 23.3. The van der Waals surface area contributed by atoms with Crippen LogP contribution in [0.25, 0.3) is 0 Å². The lowest BCUT2D eigenvalue weighted by atomic mass is 10.1. The number of carbonyl (C=O) groups is 2. The molecule has 1 heterocycles.